The zero-order chi connectivity index (χ0) is 16.4. The molecular formula is C17H19Cl2NO3. The number of aliphatic hydroxyl groups is 1. The lowest BCUT2D eigenvalue weighted by molar-refractivity contribution is -0.00874. The van der Waals surface area contributed by atoms with E-state index in [2.05, 4.69) is 4.84 Å². The largest absolute Gasteiger partial charge is 0.422 e. The smallest absolute Gasteiger partial charge is 0.336 e. The summed E-state index contributed by atoms with van der Waals surface area (Å²) in [5.74, 6) is 0. The minimum absolute atomic E-state index is 0.266. The van der Waals surface area contributed by atoms with Gasteiger partial charge in [0.1, 0.15) is 5.58 Å². The monoisotopic (exact) mass is 355 g/mol. The van der Waals surface area contributed by atoms with Crippen LogP contribution < -0.4 is 10.5 Å². The number of fused-ring (bicyclic) bond motifs is 1. The van der Waals surface area contributed by atoms with E-state index in [1.54, 1.807) is 12.1 Å². The topological polar surface area (TPSA) is 62.5 Å². The predicted octanol–water partition coefficient (Wildman–Crippen LogP) is 3.80. The van der Waals surface area contributed by atoms with Crippen LogP contribution in [0.3, 0.4) is 0 Å². The third-order valence-corrected chi connectivity index (χ3v) is 5.22. The van der Waals surface area contributed by atoms with Gasteiger partial charge in [-0.3, -0.25) is 0 Å². The molecule has 0 spiro atoms. The van der Waals surface area contributed by atoms with Crippen molar-refractivity contribution in [2.75, 3.05) is 0 Å². The third kappa shape index (κ3) is 3.89. The number of hydrogen-bond donors (Lipinski definition) is 2. The van der Waals surface area contributed by atoms with Crippen LogP contribution in [0.1, 0.15) is 37.7 Å². The molecule has 1 aromatic carbocycles. The first-order valence-corrected chi connectivity index (χ1v) is 8.55. The van der Waals surface area contributed by atoms with Crippen LogP contribution in [0.15, 0.2) is 33.5 Å². The van der Waals surface area contributed by atoms with Crippen molar-refractivity contribution in [2.24, 2.45) is 0 Å². The van der Waals surface area contributed by atoms with Crippen molar-refractivity contribution in [3.63, 3.8) is 0 Å². The summed E-state index contributed by atoms with van der Waals surface area (Å²) in [6, 6.07) is 6.94. The molecule has 1 fully saturated rings. The first-order chi connectivity index (χ1) is 11.0. The van der Waals surface area contributed by atoms with Crippen molar-refractivity contribution >= 4 is 34.3 Å². The SMILES string of the molecule is O=c1ccc2cc(Cl)cc(CC[C@]3(O)CC[C@@H](NCl)CC3)c2o1. The number of hydrogen-bond acceptors (Lipinski definition) is 4. The van der Waals surface area contributed by atoms with Crippen LogP contribution in [0.4, 0.5) is 0 Å². The molecule has 0 bridgehead atoms. The Labute approximate surface area is 144 Å². The van der Waals surface area contributed by atoms with E-state index in [9.17, 15) is 9.90 Å². The van der Waals surface area contributed by atoms with E-state index < -0.39 is 5.60 Å². The highest BCUT2D eigenvalue weighted by molar-refractivity contribution is 6.31. The highest BCUT2D eigenvalue weighted by Crippen LogP contribution is 2.33. The van der Waals surface area contributed by atoms with Gasteiger partial charge in [0.15, 0.2) is 0 Å². The van der Waals surface area contributed by atoms with Crippen molar-refractivity contribution in [3.05, 3.63) is 45.3 Å². The summed E-state index contributed by atoms with van der Waals surface area (Å²) in [6.45, 7) is 0. The van der Waals surface area contributed by atoms with Crippen LogP contribution in [0, 0.1) is 0 Å². The molecule has 124 valence electrons. The Bertz CT molecular complexity index is 751. The average Bonchev–Trinajstić information content (AvgIpc) is 2.54. The molecule has 0 radical (unpaired) electrons. The van der Waals surface area contributed by atoms with E-state index in [0.29, 0.717) is 36.3 Å². The minimum Gasteiger partial charge on any atom is -0.422 e. The number of aryl methyl sites for hydroxylation is 1. The van der Waals surface area contributed by atoms with Gasteiger partial charge >= 0.3 is 5.63 Å². The lowest BCUT2D eigenvalue weighted by atomic mass is 9.79. The summed E-state index contributed by atoms with van der Waals surface area (Å²) in [4.78, 5) is 14.2. The van der Waals surface area contributed by atoms with Crippen molar-refractivity contribution in [3.8, 4) is 0 Å². The Kier molecular flexibility index (Phi) is 4.97. The third-order valence-electron chi connectivity index (χ3n) is 4.69. The Morgan fingerprint density at radius 1 is 1.30 bits per heavy atom. The zero-order valence-corrected chi connectivity index (χ0v) is 14.2. The van der Waals surface area contributed by atoms with Gasteiger partial charge in [-0.2, -0.15) is 0 Å². The molecule has 1 aromatic heterocycles. The number of halogens is 2. The molecule has 0 atom stereocenters. The Hall–Kier alpha value is -1.07. The molecule has 1 heterocycles. The van der Waals surface area contributed by atoms with Gasteiger partial charge in [-0.25, -0.2) is 9.63 Å². The summed E-state index contributed by atoms with van der Waals surface area (Å²) in [6.07, 6.45) is 4.34. The highest BCUT2D eigenvalue weighted by atomic mass is 35.5. The molecule has 1 saturated carbocycles. The Morgan fingerprint density at radius 3 is 2.74 bits per heavy atom. The van der Waals surface area contributed by atoms with E-state index in [1.807, 2.05) is 6.07 Å². The summed E-state index contributed by atoms with van der Waals surface area (Å²) < 4.78 is 5.33. The molecule has 0 amide bonds. The minimum atomic E-state index is -0.700. The molecular weight excluding hydrogens is 337 g/mol. The molecule has 1 aliphatic carbocycles. The van der Waals surface area contributed by atoms with Crippen molar-refractivity contribution < 1.29 is 9.52 Å². The van der Waals surface area contributed by atoms with E-state index in [-0.39, 0.29) is 11.7 Å². The van der Waals surface area contributed by atoms with E-state index >= 15 is 0 Å². The normalized spacial score (nSPS) is 24.9. The van der Waals surface area contributed by atoms with Gasteiger partial charge in [-0.1, -0.05) is 11.6 Å². The fourth-order valence-corrected chi connectivity index (χ4v) is 3.75. The first-order valence-electron chi connectivity index (χ1n) is 7.80. The van der Waals surface area contributed by atoms with E-state index in [0.717, 1.165) is 23.8 Å². The fraction of sp³-hybridized carbons (Fsp3) is 0.471. The lowest BCUT2D eigenvalue weighted by Gasteiger charge is -2.35. The van der Waals surface area contributed by atoms with Crippen LogP contribution >= 0.6 is 23.4 Å². The van der Waals surface area contributed by atoms with Crippen LogP contribution in [-0.4, -0.2) is 16.7 Å². The van der Waals surface area contributed by atoms with E-state index in [4.69, 9.17) is 27.8 Å². The number of nitrogens with one attached hydrogen (secondary N) is 1. The van der Waals surface area contributed by atoms with Gasteiger partial charge in [0, 0.05) is 22.5 Å². The number of rotatable bonds is 4. The Balaban J connectivity index is 1.79. The van der Waals surface area contributed by atoms with Crippen LogP contribution in [0.25, 0.3) is 11.0 Å². The van der Waals surface area contributed by atoms with Crippen LogP contribution in [-0.2, 0) is 6.42 Å². The molecule has 0 aliphatic heterocycles. The van der Waals surface area contributed by atoms with Crippen LogP contribution in [0.2, 0.25) is 5.02 Å². The lowest BCUT2D eigenvalue weighted by Crippen LogP contribution is -2.39. The maximum absolute atomic E-state index is 11.5. The quantitative estimate of drug-likeness (QED) is 0.646. The molecule has 2 N–H and O–H groups in total. The summed E-state index contributed by atoms with van der Waals surface area (Å²) >= 11 is 11.8. The fourth-order valence-electron chi connectivity index (χ4n) is 3.28. The first kappa shape index (κ1) is 16.8. The molecule has 0 saturated heterocycles. The molecule has 0 unspecified atom stereocenters. The van der Waals surface area contributed by atoms with Crippen molar-refractivity contribution in [1.82, 2.24) is 4.84 Å². The average molecular weight is 356 g/mol. The maximum atomic E-state index is 11.5. The predicted molar refractivity (Wildman–Crippen MR) is 92.0 cm³/mol. The molecule has 1 aliphatic rings. The second-order valence-corrected chi connectivity index (χ2v) is 7.00. The van der Waals surface area contributed by atoms with Gasteiger partial charge in [0.25, 0.3) is 0 Å². The second kappa shape index (κ2) is 6.81. The highest BCUT2D eigenvalue weighted by Gasteiger charge is 2.32. The summed E-state index contributed by atoms with van der Waals surface area (Å²) in [5.41, 5.74) is 0.333. The van der Waals surface area contributed by atoms with Gasteiger partial charge in [0.05, 0.1) is 5.60 Å². The summed E-state index contributed by atoms with van der Waals surface area (Å²) in [7, 11) is 0. The van der Waals surface area contributed by atoms with Crippen LogP contribution in [0.5, 0.6) is 0 Å². The van der Waals surface area contributed by atoms with Crippen molar-refractivity contribution in [2.45, 2.75) is 50.2 Å². The molecule has 3 rings (SSSR count). The molecule has 2 aromatic rings. The van der Waals surface area contributed by atoms with Gasteiger partial charge in [0.2, 0.25) is 0 Å². The van der Waals surface area contributed by atoms with Gasteiger partial charge < -0.3 is 9.52 Å². The van der Waals surface area contributed by atoms with Crippen molar-refractivity contribution in [1.29, 1.82) is 0 Å². The van der Waals surface area contributed by atoms with Gasteiger partial charge in [-0.15, -0.1) is 0 Å². The summed E-state index contributed by atoms with van der Waals surface area (Å²) in [5, 5.41) is 12.1. The molecule has 23 heavy (non-hydrogen) atoms. The zero-order valence-electron chi connectivity index (χ0n) is 12.6. The standard InChI is InChI=1S/C17H19Cl2NO3/c18-13-9-11-1-2-15(21)23-16(11)12(10-13)3-6-17(22)7-4-14(20-19)5-8-17/h1-2,9-10,14,20,22H,3-8H2/t14-,17+. The number of benzene rings is 1. The maximum Gasteiger partial charge on any atom is 0.336 e. The second-order valence-electron chi connectivity index (χ2n) is 6.35. The molecule has 4 nitrogen and oxygen atoms in total. The van der Waals surface area contributed by atoms with E-state index in [1.165, 1.54) is 6.07 Å². The molecule has 6 heteroatoms. The van der Waals surface area contributed by atoms with Gasteiger partial charge in [-0.05, 0) is 74.1 Å². The Morgan fingerprint density at radius 2 is 2.04 bits per heavy atom.